The van der Waals surface area contributed by atoms with Crippen LogP contribution in [0.5, 0.6) is 0 Å². The zero-order valence-corrected chi connectivity index (χ0v) is 11.3. The number of imide groups is 1. The monoisotopic (exact) mass is 256 g/mol. The van der Waals surface area contributed by atoms with Crippen LogP contribution in [-0.4, -0.2) is 56.1 Å². The largest absolute Gasteiger partial charge is 0.338 e. The number of piperidine rings is 1. The van der Waals surface area contributed by atoms with E-state index in [1.807, 2.05) is 14.0 Å². The number of rotatable bonds is 5. The van der Waals surface area contributed by atoms with Crippen molar-refractivity contribution in [2.75, 3.05) is 33.2 Å². The summed E-state index contributed by atoms with van der Waals surface area (Å²) in [6.07, 6.45) is 3.09. The Hall–Kier alpha value is -1.14. The Bertz CT molecular complexity index is 283. The van der Waals surface area contributed by atoms with E-state index < -0.39 is 6.03 Å². The summed E-state index contributed by atoms with van der Waals surface area (Å²) >= 11 is 0. The minimum atomic E-state index is -0.399. The Morgan fingerprint density at radius 1 is 1.39 bits per heavy atom. The van der Waals surface area contributed by atoms with Crippen molar-refractivity contribution in [1.82, 2.24) is 20.9 Å². The van der Waals surface area contributed by atoms with Gasteiger partial charge in [-0.25, -0.2) is 4.79 Å². The lowest BCUT2D eigenvalue weighted by atomic mass is 10.1. The van der Waals surface area contributed by atoms with E-state index >= 15 is 0 Å². The van der Waals surface area contributed by atoms with E-state index in [0.29, 0.717) is 12.6 Å². The second kappa shape index (κ2) is 8.05. The lowest BCUT2D eigenvalue weighted by molar-refractivity contribution is -0.121. The van der Waals surface area contributed by atoms with Crippen LogP contribution in [0.4, 0.5) is 4.79 Å². The van der Waals surface area contributed by atoms with E-state index in [0.717, 1.165) is 32.4 Å². The number of urea groups is 1. The maximum atomic E-state index is 11.6. The molecule has 104 valence electrons. The van der Waals surface area contributed by atoms with E-state index in [1.54, 1.807) is 0 Å². The van der Waals surface area contributed by atoms with E-state index in [2.05, 4.69) is 20.9 Å². The van der Waals surface area contributed by atoms with Gasteiger partial charge in [0.25, 0.3) is 0 Å². The quantitative estimate of drug-likeness (QED) is 0.642. The third-order valence-corrected chi connectivity index (χ3v) is 3.07. The fraction of sp³-hybridized carbons (Fsp3) is 0.833. The molecule has 0 aromatic carbocycles. The van der Waals surface area contributed by atoms with Crippen molar-refractivity contribution in [3.8, 4) is 0 Å². The molecule has 3 N–H and O–H groups in total. The molecular formula is C12H24N4O2. The summed E-state index contributed by atoms with van der Waals surface area (Å²) in [4.78, 5) is 25.0. The molecule has 3 amide bonds. The highest BCUT2D eigenvalue weighted by atomic mass is 16.2. The smallest absolute Gasteiger partial charge is 0.321 e. The third-order valence-electron chi connectivity index (χ3n) is 3.07. The molecule has 1 aliphatic heterocycles. The molecule has 0 saturated carbocycles. The third kappa shape index (κ3) is 5.46. The molecule has 0 spiro atoms. The van der Waals surface area contributed by atoms with Crippen LogP contribution in [0.15, 0.2) is 0 Å². The van der Waals surface area contributed by atoms with Crippen molar-refractivity contribution in [1.29, 1.82) is 0 Å². The highest BCUT2D eigenvalue weighted by Gasteiger charge is 2.20. The van der Waals surface area contributed by atoms with Crippen LogP contribution < -0.4 is 16.0 Å². The van der Waals surface area contributed by atoms with Crippen molar-refractivity contribution >= 4 is 11.9 Å². The molecule has 0 aliphatic carbocycles. The molecule has 1 atom stereocenters. The molecule has 6 heteroatoms. The van der Waals surface area contributed by atoms with Gasteiger partial charge in [-0.3, -0.25) is 15.0 Å². The molecule has 0 aromatic rings. The summed E-state index contributed by atoms with van der Waals surface area (Å²) in [5, 5.41) is 8.19. The van der Waals surface area contributed by atoms with Crippen LogP contribution in [-0.2, 0) is 4.79 Å². The van der Waals surface area contributed by atoms with Crippen LogP contribution in [0.2, 0.25) is 0 Å². The molecule has 1 unspecified atom stereocenters. The normalized spacial score (nSPS) is 20.4. The summed E-state index contributed by atoms with van der Waals surface area (Å²) in [5.41, 5.74) is 0. The molecule has 0 radical (unpaired) electrons. The first-order valence-electron chi connectivity index (χ1n) is 6.63. The maximum absolute atomic E-state index is 11.6. The number of amides is 3. The summed E-state index contributed by atoms with van der Waals surface area (Å²) < 4.78 is 0. The molecule has 1 heterocycles. The number of hydrogen-bond donors (Lipinski definition) is 3. The molecule has 1 saturated heterocycles. The van der Waals surface area contributed by atoms with Gasteiger partial charge in [-0.2, -0.15) is 0 Å². The number of nitrogens with zero attached hydrogens (tertiary/aromatic N) is 1. The first-order valence-corrected chi connectivity index (χ1v) is 6.63. The van der Waals surface area contributed by atoms with Gasteiger partial charge in [0.2, 0.25) is 5.91 Å². The zero-order valence-electron chi connectivity index (χ0n) is 11.3. The number of hydrogen-bond acceptors (Lipinski definition) is 4. The van der Waals surface area contributed by atoms with Gasteiger partial charge in [-0.15, -0.1) is 0 Å². The van der Waals surface area contributed by atoms with Gasteiger partial charge in [-0.1, -0.05) is 6.92 Å². The Kier molecular flexibility index (Phi) is 6.67. The minimum Gasteiger partial charge on any atom is -0.338 e. The van der Waals surface area contributed by atoms with Gasteiger partial charge < -0.3 is 10.6 Å². The first kappa shape index (κ1) is 14.9. The van der Waals surface area contributed by atoms with Gasteiger partial charge in [-0.05, 0) is 32.9 Å². The molecule has 1 rings (SSSR count). The Morgan fingerprint density at radius 2 is 2.17 bits per heavy atom. The van der Waals surface area contributed by atoms with E-state index in [-0.39, 0.29) is 12.5 Å². The van der Waals surface area contributed by atoms with Crippen molar-refractivity contribution in [2.24, 2.45) is 0 Å². The lowest BCUT2D eigenvalue weighted by Gasteiger charge is -2.31. The van der Waals surface area contributed by atoms with Gasteiger partial charge >= 0.3 is 6.03 Å². The SMILES string of the molecule is CCCNC(=O)NC(=O)CN1CCCC(NC)C1. The topological polar surface area (TPSA) is 73.5 Å². The van der Waals surface area contributed by atoms with Crippen molar-refractivity contribution in [3.63, 3.8) is 0 Å². The summed E-state index contributed by atoms with van der Waals surface area (Å²) in [6, 6.07) is 0.0458. The summed E-state index contributed by atoms with van der Waals surface area (Å²) in [6.45, 7) is 4.62. The summed E-state index contributed by atoms with van der Waals surface area (Å²) in [7, 11) is 1.94. The predicted molar refractivity (Wildman–Crippen MR) is 70.4 cm³/mol. The van der Waals surface area contributed by atoms with Crippen molar-refractivity contribution in [2.45, 2.75) is 32.2 Å². The Labute approximate surface area is 108 Å². The highest BCUT2D eigenvalue weighted by Crippen LogP contribution is 2.08. The number of likely N-dealkylation sites (tertiary alicyclic amines) is 1. The number of carbonyl (C=O) groups excluding carboxylic acids is 2. The molecule has 1 fully saturated rings. The molecule has 1 aliphatic rings. The van der Waals surface area contributed by atoms with Gasteiger partial charge in [0.05, 0.1) is 6.54 Å². The maximum Gasteiger partial charge on any atom is 0.321 e. The number of carbonyl (C=O) groups is 2. The zero-order chi connectivity index (χ0) is 13.4. The van der Waals surface area contributed by atoms with Crippen molar-refractivity contribution < 1.29 is 9.59 Å². The van der Waals surface area contributed by atoms with Crippen LogP contribution in [0.25, 0.3) is 0 Å². The van der Waals surface area contributed by atoms with Crippen LogP contribution in [0.3, 0.4) is 0 Å². The van der Waals surface area contributed by atoms with Crippen molar-refractivity contribution in [3.05, 3.63) is 0 Å². The van der Waals surface area contributed by atoms with Gasteiger partial charge in [0.1, 0.15) is 0 Å². The fourth-order valence-corrected chi connectivity index (χ4v) is 2.09. The standard InChI is InChI=1S/C12H24N4O2/c1-3-6-14-12(18)15-11(17)9-16-7-4-5-10(8-16)13-2/h10,13H,3-9H2,1-2H3,(H2,14,15,17,18). The molecular weight excluding hydrogens is 232 g/mol. The molecule has 18 heavy (non-hydrogen) atoms. The highest BCUT2D eigenvalue weighted by molar-refractivity contribution is 5.95. The Morgan fingerprint density at radius 3 is 2.83 bits per heavy atom. The van der Waals surface area contributed by atoms with Gasteiger partial charge in [0.15, 0.2) is 0 Å². The molecule has 0 aromatic heterocycles. The molecule has 6 nitrogen and oxygen atoms in total. The summed E-state index contributed by atoms with van der Waals surface area (Å²) in [5.74, 6) is -0.236. The Balaban J connectivity index is 2.24. The second-order valence-electron chi connectivity index (χ2n) is 4.67. The van der Waals surface area contributed by atoms with E-state index in [9.17, 15) is 9.59 Å². The fourth-order valence-electron chi connectivity index (χ4n) is 2.09. The number of nitrogens with one attached hydrogen (secondary N) is 3. The predicted octanol–water partition coefficient (Wildman–Crippen LogP) is -0.0940. The van der Waals surface area contributed by atoms with Crippen LogP contribution >= 0.6 is 0 Å². The lowest BCUT2D eigenvalue weighted by Crippen LogP contribution is -2.50. The molecule has 0 bridgehead atoms. The van der Waals surface area contributed by atoms with E-state index in [4.69, 9.17) is 0 Å². The van der Waals surface area contributed by atoms with Crippen LogP contribution in [0.1, 0.15) is 26.2 Å². The second-order valence-corrected chi connectivity index (χ2v) is 4.67. The van der Waals surface area contributed by atoms with E-state index in [1.165, 1.54) is 0 Å². The first-order chi connectivity index (χ1) is 8.65. The van der Waals surface area contributed by atoms with Crippen LogP contribution in [0, 0.1) is 0 Å². The average molecular weight is 256 g/mol. The number of likely N-dealkylation sites (N-methyl/N-ethyl adjacent to an activating group) is 1. The minimum absolute atomic E-state index is 0.236. The average Bonchev–Trinajstić information content (AvgIpc) is 2.36. The van der Waals surface area contributed by atoms with Gasteiger partial charge in [0, 0.05) is 19.1 Å².